The third-order valence-corrected chi connectivity index (χ3v) is 4.38. The van der Waals surface area contributed by atoms with E-state index in [4.69, 9.17) is 9.47 Å². The van der Waals surface area contributed by atoms with Crippen LogP contribution in [-0.4, -0.2) is 40.2 Å². The second kappa shape index (κ2) is 7.13. The van der Waals surface area contributed by atoms with Crippen molar-refractivity contribution in [2.45, 2.75) is 31.8 Å². The summed E-state index contributed by atoms with van der Waals surface area (Å²) in [5.74, 6) is 1.64. The molecule has 0 aliphatic heterocycles. The molecule has 1 N–H and O–H groups in total. The third kappa shape index (κ3) is 5.93. The summed E-state index contributed by atoms with van der Waals surface area (Å²) >= 11 is 0. The van der Waals surface area contributed by atoms with Gasteiger partial charge in [-0.1, -0.05) is 6.07 Å². The lowest BCUT2D eigenvalue weighted by Gasteiger charge is -2.13. The maximum Gasteiger partial charge on any atom is 0.147 e. The van der Waals surface area contributed by atoms with Crippen LogP contribution in [-0.2, 0) is 16.4 Å². The Balaban J connectivity index is 1.93. The lowest BCUT2D eigenvalue weighted by Crippen LogP contribution is -2.16. The van der Waals surface area contributed by atoms with Crippen molar-refractivity contribution in [2.24, 2.45) is 0 Å². The molecular weight excluding hydrogens is 290 g/mol. The molecule has 5 nitrogen and oxygen atoms in total. The van der Waals surface area contributed by atoms with E-state index in [1.807, 2.05) is 18.2 Å². The van der Waals surface area contributed by atoms with Gasteiger partial charge in [-0.15, -0.1) is 0 Å². The Labute approximate surface area is 126 Å². The minimum absolute atomic E-state index is 0.145. The van der Waals surface area contributed by atoms with Gasteiger partial charge in [-0.2, -0.15) is 0 Å². The Morgan fingerprint density at radius 1 is 1.33 bits per heavy atom. The molecule has 2 rings (SSSR count). The molecule has 1 aromatic carbocycles. The van der Waals surface area contributed by atoms with E-state index >= 15 is 0 Å². The van der Waals surface area contributed by atoms with Crippen LogP contribution in [0.1, 0.15) is 24.8 Å². The summed E-state index contributed by atoms with van der Waals surface area (Å²) in [6.45, 7) is 1.15. The second-order valence-corrected chi connectivity index (χ2v) is 7.72. The quantitative estimate of drug-likeness (QED) is 0.704. The van der Waals surface area contributed by atoms with Gasteiger partial charge >= 0.3 is 0 Å². The fraction of sp³-hybridized carbons (Fsp3) is 0.600. The topological polar surface area (TPSA) is 64.6 Å². The van der Waals surface area contributed by atoms with Gasteiger partial charge in [-0.3, -0.25) is 0 Å². The van der Waals surface area contributed by atoms with Crippen LogP contribution in [0.4, 0.5) is 0 Å². The van der Waals surface area contributed by atoms with E-state index in [0.717, 1.165) is 23.6 Å². The lowest BCUT2D eigenvalue weighted by atomic mass is 10.2. The minimum Gasteiger partial charge on any atom is -0.497 e. The molecule has 1 saturated carbocycles. The fourth-order valence-electron chi connectivity index (χ4n) is 1.99. The van der Waals surface area contributed by atoms with Crippen molar-refractivity contribution in [3.05, 3.63) is 23.8 Å². The molecule has 0 saturated heterocycles. The first-order valence-corrected chi connectivity index (χ1v) is 9.25. The summed E-state index contributed by atoms with van der Waals surface area (Å²) in [6.07, 6.45) is 4.20. The second-order valence-electron chi connectivity index (χ2n) is 5.46. The van der Waals surface area contributed by atoms with Gasteiger partial charge in [0.25, 0.3) is 0 Å². The van der Waals surface area contributed by atoms with E-state index < -0.39 is 9.84 Å². The average Bonchev–Trinajstić information content (AvgIpc) is 3.25. The van der Waals surface area contributed by atoms with Crippen molar-refractivity contribution >= 4 is 9.84 Å². The largest absolute Gasteiger partial charge is 0.497 e. The van der Waals surface area contributed by atoms with Gasteiger partial charge in [-0.05, 0) is 25.3 Å². The maximum atomic E-state index is 11.1. The van der Waals surface area contributed by atoms with Crippen molar-refractivity contribution in [1.29, 1.82) is 0 Å². The fourth-order valence-corrected chi connectivity index (χ4v) is 2.63. The summed E-state index contributed by atoms with van der Waals surface area (Å²) in [4.78, 5) is 0. The van der Waals surface area contributed by atoms with E-state index in [1.165, 1.54) is 19.1 Å². The third-order valence-electron chi connectivity index (χ3n) is 3.35. The summed E-state index contributed by atoms with van der Waals surface area (Å²) in [7, 11) is -1.32. The first-order valence-electron chi connectivity index (χ1n) is 7.19. The van der Waals surface area contributed by atoms with Crippen molar-refractivity contribution < 1.29 is 17.9 Å². The first-order chi connectivity index (χ1) is 9.98. The molecule has 0 radical (unpaired) electrons. The number of hydrogen-bond acceptors (Lipinski definition) is 5. The van der Waals surface area contributed by atoms with Gasteiger partial charge in [-0.25, -0.2) is 8.42 Å². The molecule has 1 aromatic rings. The molecule has 0 bridgehead atoms. The van der Waals surface area contributed by atoms with Gasteiger partial charge in [0.15, 0.2) is 0 Å². The van der Waals surface area contributed by atoms with Crippen LogP contribution in [0.3, 0.4) is 0 Å². The zero-order chi connectivity index (χ0) is 15.3. The Bertz CT molecular complexity index is 567. The Morgan fingerprint density at radius 2 is 2.10 bits per heavy atom. The van der Waals surface area contributed by atoms with Gasteiger partial charge in [0, 0.05) is 30.5 Å². The molecule has 1 fully saturated rings. The summed E-state index contributed by atoms with van der Waals surface area (Å²) in [5, 5.41) is 3.45. The van der Waals surface area contributed by atoms with Gasteiger partial charge < -0.3 is 14.8 Å². The number of benzene rings is 1. The van der Waals surface area contributed by atoms with Crippen molar-refractivity contribution in [1.82, 2.24) is 5.32 Å². The monoisotopic (exact) mass is 313 g/mol. The molecule has 0 unspecified atom stereocenters. The predicted octanol–water partition coefficient (Wildman–Crippen LogP) is 1.76. The van der Waals surface area contributed by atoms with Crippen molar-refractivity contribution in [3.8, 4) is 11.5 Å². The number of methoxy groups -OCH3 is 1. The molecule has 6 heteroatoms. The number of hydrogen-bond donors (Lipinski definition) is 1. The summed E-state index contributed by atoms with van der Waals surface area (Å²) in [6, 6.07) is 6.38. The van der Waals surface area contributed by atoms with Crippen LogP contribution in [0.2, 0.25) is 0 Å². The van der Waals surface area contributed by atoms with Crippen LogP contribution in [0, 0.1) is 0 Å². The van der Waals surface area contributed by atoms with Crippen molar-refractivity contribution in [3.63, 3.8) is 0 Å². The van der Waals surface area contributed by atoms with E-state index in [9.17, 15) is 8.42 Å². The van der Waals surface area contributed by atoms with Gasteiger partial charge in [0.2, 0.25) is 0 Å². The van der Waals surface area contributed by atoms with E-state index in [2.05, 4.69) is 5.32 Å². The van der Waals surface area contributed by atoms with E-state index in [1.54, 1.807) is 7.11 Å². The van der Waals surface area contributed by atoms with Crippen molar-refractivity contribution in [2.75, 3.05) is 25.7 Å². The SMILES string of the molecule is COc1ccc(CNC2CC2)c(OCCCS(C)(=O)=O)c1. The Kier molecular flexibility index (Phi) is 5.47. The highest BCUT2D eigenvalue weighted by atomic mass is 32.2. The Hall–Kier alpha value is -1.27. The molecular formula is C15H23NO4S. The Morgan fingerprint density at radius 3 is 2.71 bits per heavy atom. The number of sulfone groups is 1. The number of nitrogens with one attached hydrogen (secondary N) is 1. The van der Waals surface area contributed by atoms with Crippen LogP contribution >= 0.6 is 0 Å². The van der Waals surface area contributed by atoms with E-state index in [0.29, 0.717) is 19.1 Å². The minimum atomic E-state index is -2.93. The highest BCUT2D eigenvalue weighted by molar-refractivity contribution is 7.90. The zero-order valence-corrected chi connectivity index (χ0v) is 13.4. The molecule has 1 aliphatic rings. The highest BCUT2D eigenvalue weighted by Gasteiger charge is 2.20. The smallest absolute Gasteiger partial charge is 0.147 e. The zero-order valence-electron chi connectivity index (χ0n) is 12.6. The normalized spacial score (nSPS) is 15.0. The van der Waals surface area contributed by atoms with Crippen LogP contribution < -0.4 is 14.8 Å². The molecule has 21 heavy (non-hydrogen) atoms. The number of ether oxygens (including phenoxy) is 2. The standard InChI is InChI=1S/C15H23NO4S/c1-19-14-7-4-12(11-16-13-5-6-13)15(10-14)20-8-3-9-21(2,17)18/h4,7,10,13,16H,3,5-6,8-9,11H2,1-2H3. The molecule has 0 amide bonds. The van der Waals surface area contributed by atoms with Crippen LogP contribution in [0.5, 0.6) is 11.5 Å². The van der Waals surface area contributed by atoms with Crippen LogP contribution in [0.25, 0.3) is 0 Å². The predicted molar refractivity (Wildman–Crippen MR) is 82.7 cm³/mol. The van der Waals surface area contributed by atoms with Crippen LogP contribution in [0.15, 0.2) is 18.2 Å². The molecule has 0 spiro atoms. The molecule has 0 heterocycles. The average molecular weight is 313 g/mol. The maximum absolute atomic E-state index is 11.1. The lowest BCUT2D eigenvalue weighted by molar-refractivity contribution is 0.310. The first kappa shape index (κ1) is 16.1. The number of rotatable bonds is 9. The van der Waals surface area contributed by atoms with E-state index in [-0.39, 0.29) is 5.75 Å². The molecule has 0 aromatic heterocycles. The van der Waals surface area contributed by atoms with Gasteiger partial charge in [0.05, 0.1) is 19.5 Å². The summed E-state index contributed by atoms with van der Waals surface area (Å²) < 4.78 is 33.2. The highest BCUT2D eigenvalue weighted by Crippen LogP contribution is 2.26. The van der Waals surface area contributed by atoms with Gasteiger partial charge in [0.1, 0.15) is 21.3 Å². The molecule has 0 atom stereocenters. The molecule has 1 aliphatic carbocycles. The summed E-state index contributed by atoms with van der Waals surface area (Å²) in [5.41, 5.74) is 1.07. The molecule has 118 valence electrons.